The normalized spacial score (nSPS) is 19.9. The molecule has 1 N–H and O–H groups in total. The van der Waals surface area contributed by atoms with Gasteiger partial charge in [0.25, 0.3) is 0 Å². The minimum Gasteiger partial charge on any atom is -0.302 e. The van der Waals surface area contributed by atoms with Crippen molar-refractivity contribution in [1.82, 2.24) is 4.98 Å². The fourth-order valence-corrected chi connectivity index (χ4v) is 6.55. The number of nitrogens with zero attached hydrogens (tertiary/aromatic N) is 2. The molecular formula is C21H27N3O3S2. The zero-order valence-electron chi connectivity index (χ0n) is 16.8. The van der Waals surface area contributed by atoms with Crippen molar-refractivity contribution in [1.29, 1.82) is 0 Å². The summed E-state index contributed by atoms with van der Waals surface area (Å²) in [5.41, 5.74) is 3.50. The van der Waals surface area contributed by atoms with Crippen molar-refractivity contribution in [2.45, 2.75) is 57.9 Å². The maximum absolute atomic E-state index is 12.3. The van der Waals surface area contributed by atoms with E-state index in [2.05, 4.69) is 10.3 Å². The molecule has 0 radical (unpaired) electrons. The van der Waals surface area contributed by atoms with E-state index in [1.165, 1.54) is 41.2 Å². The Labute approximate surface area is 176 Å². The summed E-state index contributed by atoms with van der Waals surface area (Å²) in [6, 6.07) is 5.69. The second-order valence-electron chi connectivity index (χ2n) is 8.25. The summed E-state index contributed by atoms with van der Waals surface area (Å²) in [4.78, 5) is 16.9. The van der Waals surface area contributed by atoms with Crippen LogP contribution < -0.4 is 9.62 Å². The average molecular weight is 434 g/mol. The van der Waals surface area contributed by atoms with E-state index in [1.807, 2.05) is 30.5 Å². The Hall–Kier alpha value is -1.93. The van der Waals surface area contributed by atoms with Gasteiger partial charge in [0.15, 0.2) is 5.13 Å². The molecular weight excluding hydrogens is 406 g/mol. The molecule has 2 aliphatic rings. The predicted molar refractivity (Wildman–Crippen MR) is 118 cm³/mol. The molecule has 0 saturated heterocycles. The topological polar surface area (TPSA) is 79.4 Å². The van der Waals surface area contributed by atoms with E-state index in [0.29, 0.717) is 23.9 Å². The van der Waals surface area contributed by atoms with Gasteiger partial charge in [0.2, 0.25) is 15.9 Å². The van der Waals surface area contributed by atoms with E-state index in [1.54, 1.807) is 0 Å². The Kier molecular flexibility index (Phi) is 5.66. The molecule has 8 heteroatoms. The molecule has 0 unspecified atom stereocenters. The number of aromatic nitrogens is 1. The highest BCUT2D eigenvalue weighted by atomic mass is 32.2. The molecule has 1 amide bonds. The van der Waals surface area contributed by atoms with Crippen molar-refractivity contribution in [2.24, 2.45) is 5.92 Å². The third-order valence-electron chi connectivity index (χ3n) is 5.83. The lowest BCUT2D eigenvalue weighted by atomic mass is 9.87. The van der Waals surface area contributed by atoms with Gasteiger partial charge in [-0.1, -0.05) is 25.3 Å². The number of amides is 1. The van der Waals surface area contributed by atoms with Crippen LogP contribution in [0.3, 0.4) is 0 Å². The first kappa shape index (κ1) is 20.3. The van der Waals surface area contributed by atoms with Crippen molar-refractivity contribution in [2.75, 3.05) is 15.9 Å². The molecule has 156 valence electrons. The molecule has 4 rings (SSSR count). The highest BCUT2D eigenvalue weighted by Crippen LogP contribution is 2.37. The van der Waals surface area contributed by atoms with Gasteiger partial charge in [-0.05, 0) is 49.8 Å². The summed E-state index contributed by atoms with van der Waals surface area (Å²) in [6.45, 7) is 1.92. The van der Waals surface area contributed by atoms with E-state index < -0.39 is 10.0 Å². The van der Waals surface area contributed by atoms with Gasteiger partial charge in [-0.25, -0.2) is 13.4 Å². The zero-order chi connectivity index (χ0) is 20.6. The first-order valence-electron chi connectivity index (χ1n) is 10.2. The fraction of sp³-hybridized carbons (Fsp3) is 0.524. The Balaban J connectivity index is 1.46. The van der Waals surface area contributed by atoms with Crippen LogP contribution in [0.1, 0.15) is 51.0 Å². The monoisotopic (exact) mass is 433 g/mol. The number of hydrogen-bond donors (Lipinski definition) is 1. The zero-order valence-corrected chi connectivity index (χ0v) is 18.5. The lowest BCUT2D eigenvalue weighted by Gasteiger charge is -2.21. The van der Waals surface area contributed by atoms with Gasteiger partial charge in [-0.3, -0.25) is 9.10 Å². The highest BCUT2D eigenvalue weighted by molar-refractivity contribution is 7.92. The van der Waals surface area contributed by atoms with Gasteiger partial charge in [0, 0.05) is 23.4 Å². The second-order valence-corrected chi connectivity index (χ2v) is 11.0. The molecule has 6 nitrogen and oxygen atoms in total. The molecule has 1 aromatic carbocycles. The van der Waals surface area contributed by atoms with Crippen LogP contribution in [0.15, 0.2) is 23.6 Å². The first-order chi connectivity index (χ1) is 13.8. The van der Waals surface area contributed by atoms with Crippen LogP contribution in [0.2, 0.25) is 0 Å². The maximum Gasteiger partial charge on any atom is 0.232 e. The fourth-order valence-electron chi connectivity index (χ4n) is 4.55. The van der Waals surface area contributed by atoms with Gasteiger partial charge in [0.1, 0.15) is 0 Å². The third kappa shape index (κ3) is 4.48. The van der Waals surface area contributed by atoms with Crippen LogP contribution in [0.4, 0.5) is 10.8 Å². The first-order valence-corrected chi connectivity index (χ1v) is 12.9. The van der Waals surface area contributed by atoms with Gasteiger partial charge in [-0.2, -0.15) is 0 Å². The van der Waals surface area contributed by atoms with E-state index in [4.69, 9.17) is 0 Å². The molecule has 1 aliphatic carbocycles. The lowest BCUT2D eigenvalue weighted by Crippen LogP contribution is -2.34. The van der Waals surface area contributed by atoms with Crippen LogP contribution >= 0.6 is 11.3 Å². The number of benzene rings is 1. The van der Waals surface area contributed by atoms with Crippen LogP contribution in [-0.2, 0) is 21.2 Å². The van der Waals surface area contributed by atoms with Crippen LogP contribution in [-0.4, -0.2) is 31.6 Å². The summed E-state index contributed by atoms with van der Waals surface area (Å²) in [7, 11) is -3.29. The molecule has 0 bridgehead atoms. The summed E-state index contributed by atoms with van der Waals surface area (Å²) >= 11 is 1.42. The van der Waals surface area contributed by atoms with Gasteiger partial charge in [-0.15, -0.1) is 11.3 Å². The second kappa shape index (κ2) is 8.07. The largest absolute Gasteiger partial charge is 0.302 e. The van der Waals surface area contributed by atoms with Crippen molar-refractivity contribution < 1.29 is 13.2 Å². The van der Waals surface area contributed by atoms with Crippen molar-refractivity contribution >= 4 is 38.1 Å². The number of anilines is 2. The molecule has 1 fully saturated rings. The van der Waals surface area contributed by atoms with Crippen LogP contribution in [0.5, 0.6) is 0 Å². The van der Waals surface area contributed by atoms with Gasteiger partial charge >= 0.3 is 0 Å². The van der Waals surface area contributed by atoms with E-state index in [9.17, 15) is 13.2 Å². The minimum atomic E-state index is -3.29. The van der Waals surface area contributed by atoms with Crippen LogP contribution in [0.25, 0.3) is 11.3 Å². The molecule has 1 saturated carbocycles. The van der Waals surface area contributed by atoms with E-state index in [-0.39, 0.29) is 11.9 Å². The number of rotatable bonds is 5. The highest BCUT2D eigenvalue weighted by Gasteiger charge is 2.32. The molecule has 2 aromatic rings. The van der Waals surface area contributed by atoms with Crippen molar-refractivity contribution in [3.8, 4) is 11.3 Å². The number of carbonyl (C=O) groups excluding carboxylic acids is 1. The minimum absolute atomic E-state index is 0.0457. The maximum atomic E-state index is 12.3. The Morgan fingerprint density at radius 3 is 2.76 bits per heavy atom. The number of carbonyl (C=O) groups is 1. The number of sulfonamides is 1. The molecule has 1 aromatic heterocycles. The quantitative estimate of drug-likeness (QED) is 0.756. The number of nitrogens with one attached hydrogen (secondary N) is 1. The van der Waals surface area contributed by atoms with E-state index >= 15 is 0 Å². The molecule has 2 heterocycles. The molecule has 0 spiro atoms. The molecule has 1 aliphatic heterocycles. The van der Waals surface area contributed by atoms with Gasteiger partial charge < -0.3 is 5.32 Å². The Morgan fingerprint density at radius 1 is 1.28 bits per heavy atom. The Morgan fingerprint density at radius 2 is 2.03 bits per heavy atom. The summed E-state index contributed by atoms with van der Waals surface area (Å²) < 4.78 is 25.7. The van der Waals surface area contributed by atoms with Gasteiger partial charge in [0.05, 0.1) is 17.6 Å². The lowest BCUT2D eigenvalue weighted by molar-refractivity contribution is -0.117. The Bertz CT molecular complexity index is 1010. The predicted octanol–water partition coefficient (Wildman–Crippen LogP) is 4.43. The number of hydrogen-bond acceptors (Lipinski definition) is 5. The average Bonchev–Trinajstić information content (AvgIpc) is 3.24. The molecule has 29 heavy (non-hydrogen) atoms. The summed E-state index contributed by atoms with van der Waals surface area (Å²) in [5, 5.41) is 5.50. The number of thiazole rings is 1. The van der Waals surface area contributed by atoms with Crippen molar-refractivity contribution in [3.05, 3.63) is 29.1 Å². The smallest absolute Gasteiger partial charge is 0.232 e. The number of fused-ring (bicyclic) bond motifs is 1. The summed E-state index contributed by atoms with van der Waals surface area (Å²) in [6.07, 6.45) is 8.55. The molecule has 1 atom stereocenters. The third-order valence-corrected chi connectivity index (χ3v) is 7.86. The standard InChI is InChI=1S/C21H27N3O3S2/c1-14-10-17-12-16(8-9-19(17)24(14)29(2,26)27)18-13-28-21(22-18)23-20(25)11-15-6-4-3-5-7-15/h8-9,12-15H,3-7,10-11H2,1-2H3,(H,22,23,25)/t14-/m1/s1. The SMILES string of the molecule is C[C@@H]1Cc2cc(-c3csc(NC(=O)CC4CCCCC4)n3)ccc2N1S(C)(=O)=O. The van der Waals surface area contributed by atoms with Crippen LogP contribution in [0, 0.1) is 5.92 Å². The summed E-state index contributed by atoms with van der Waals surface area (Å²) in [5.74, 6) is 0.545. The van der Waals surface area contributed by atoms with Crippen molar-refractivity contribution in [3.63, 3.8) is 0 Å². The van der Waals surface area contributed by atoms with E-state index in [0.717, 1.165) is 35.3 Å².